The second kappa shape index (κ2) is 9.75. The van der Waals surface area contributed by atoms with E-state index in [2.05, 4.69) is 10.6 Å². The Bertz CT molecular complexity index is 280. The number of methoxy groups -OCH3 is 1. The fourth-order valence-corrected chi connectivity index (χ4v) is 1.63. The second-order valence-corrected chi connectivity index (χ2v) is 5.15. The van der Waals surface area contributed by atoms with Crippen LogP contribution in [0.3, 0.4) is 0 Å². The summed E-state index contributed by atoms with van der Waals surface area (Å²) in [5, 5.41) is 5.72. The number of nitrogens with zero attached hydrogens (tertiary/aromatic N) is 1. The zero-order chi connectivity index (χ0) is 14.8. The van der Waals surface area contributed by atoms with Gasteiger partial charge in [-0.3, -0.25) is 9.59 Å². The molecule has 2 amide bonds. The zero-order valence-electron chi connectivity index (χ0n) is 12.7. The Labute approximate surface area is 115 Å². The van der Waals surface area contributed by atoms with E-state index in [1.54, 1.807) is 21.2 Å². The van der Waals surface area contributed by atoms with Crippen molar-refractivity contribution in [2.45, 2.75) is 26.3 Å². The van der Waals surface area contributed by atoms with Gasteiger partial charge in [-0.25, -0.2) is 0 Å². The summed E-state index contributed by atoms with van der Waals surface area (Å²) < 4.78 is 4.87. The molecular formula is C13H27N3O3. The van der Waals surface area contributed by atoms with E-state index in [9.17, 15) is 9.59 Å². The normalized spacial score (nSPS) is 12.3. The lowest BCUT2D eigenvalue weighted by Crippen LogP contribution is -2.49. The maximum atomic E-state index is 12.0. The van der Waals surface area contributed by atoms with E-state index in [4.69, 9.17) is 4.74 Å². The molecule has 0 aliphatic carbocycles. The Morgan fingerprint density at radius 3 is 2.37 bits per heavy atom. The summed E-state index contributed by atoms with van der Waals surface area (Å²) in [6.45, 7) is 5.41. The van der Waals surface area contributed by atoms with Crippen molar-refractivity contribution in [3.05, 3.63) is 0 Å². The Kier molecular flexibility index (Phi) is 9.16. The number of nitrogens with one attached hydrogen (secondary N) is 2. The van der Waals surface area contributed by atoms with Crippen molar-refractivity contribution in [1.82, 2.24) is 15.5 Å². The SMILES string of the molecule is COCCNCC(=O)NC(CC(C)C)C(=O)N(C)C. The average Bonchev–Trinajstić information content (AvgIpc) is 2.32. The monoisotopic (exact) mass is 273 g/mol. The molecule has 19 heavy (non-hydrogen) atoms. The maximum absolute atomic E-state index is 12.0. The largest absolute Gasteiger partial charge is 0.383 e. The maximum Gasteiger partial charge on any atom is 0.244 e. The highest BCUT2D eigenvalue weighted by atomic mass is 16.5. The first-order valence-electron chi connectivity index (χ1n) is 6.58. The van der Waals surface area contributed by atoms with Crippen molar-refractivity contribution >= 4 is 11.8 Å². The molecule has 1 atom stereocenters. The number of likely N-dealkylation sites (N-methyl/N-ethyl adjacent to an activating group) is 1. The van der Waals surface area contributed by atoms with Crippen LogP contribution in [0.25, 0.3) is 0 Å². The first kappa shape index (κ1) is 17.9. The predicted octanol–water partition coefficient (Wildman–Crippen LogP) is -0.158. The van der Waals surface area contributed by atoms with E-state index in [0.29, 0.717) is 25.5 Å². The van der Waals surface area contributed by atoms with Gasteiger partial charge < -0.3 is 20.3 Å². The molecule has 0 radical (unpaired) electrons. The summed E-state index contributed by atoms with van der Waals surface area (Å²) in [6.07, 6.45) is 0.640. The topological polar surface area (TPSA) is 70.7 Å². The van der Waals surface area contributed by atoms with Crippen molar-refractivity contribution in [1.29, 1.82) is 0 Å². The van der Waals surface area contributed by atoms with Gasteiger partial charge in [-0.05, 0) is 12.3 Å². The molecule has 0 spiro atoms. The van der Waals surface area contributed by atoms with E-state index in [1.807, 2.05) is 13.8 Å². The standard InChI is InChI=1S/C13H27N3O3/c1-10(2)8-11(13(18)16(3)4)15-12(17)9-14-6-7-19-5/h10-11,14H,6-9H2,1-5H3,(H,15,17). The number of carbonyl (C=O) groups excluding carboxylic acids is 2. The Hall–Kier alpha value is -1.14. The second-order valence-electron chi connectivity index (χ2n) is 5.15. The van der Waals surface area contributed by atoms with Crippen molar-refractivity contribution in [2.75, 3.05) is 40.9 Å². The number of hydrogen-bond acceptors (Lipinski definition) is 4. The van der Waals surface area contributed by atoms with Crippen LogP contribution in [0.2, 0.25) is 0 Å². The minimum Gasteiger partial charge on any atom is -0.383 e. The van der Waals surface area contributed by atoms with Gasteiger partial charge in [-0.15, -0.1) is 0 Å². The highest BCUT2D eigenvalue weighted by Crippen LogP contribution is 2.06. The first-order chi connectivity index (χ1) is 8.88. The number of amides is 2. The molecule has 0 rings (SSSR count). The number of hydrogen-bond donors (Lipinski definition) is 2. The molecular weight excluding hydrogens is 246 g/mol. The highest BCUT2D eigenvalue weighted by Gasteiger charge is 2.22. The summed E-state index contributed by atoms with van der Waals surface area (Å²) in [4.78, 5) is 25.2. The van der Waals surface area contributed by atoms with Crippen LogP contribution in [0.4, 0.5) is 0 Å². The van der Waals surface area contributed by atoms with Crippen LogP contribution in [0.15, 0.2) is 0 Å². The van der Waals surface area contributed by atoms with Crippen molar-refractivity contribution < 1.29 is 14.3 Å². The van der Waals surface area contributed by atoms with Crippen LogP contribution < -0.4 is 10.6 Å². The van der Waals surface area contributed by atoms with Crippen molar-refractivity contribution in [2.24, 2.45) is 5.92 Å². The van der Waals surface area contributed by atoms with Gasteiger partial charge in [0.15, 0.2) is 0 Å². The average molecular weight is 273 g/mol. The van der Waals surface area contributed by atoms with Crippen molar-refractivity contribution in [3.63, 3.8) is 0 Å². The third-order valence-electron chi connectivity index (χ3n) is 2.55. The van der Waals surface area contributed by atoms with Gasteiger partial charge in [-0.1, -0.05) is 13.8 Å². The van der Waals surface area contributed by atoms with E-state index >= 15 is 0 Å². The minimum absolute atomic E-state index is 0.0704. The number of rotatable bonds is 9. The molecule has 2 N–H and O–H groups in total. The summed E-state index contributed by atoms with van der Waals surface area (Å²) in [5.74, 6) is 0.103. The lowest BCUT2D eigenvalue weighted by atomic mass is 10.0. The smallest absolute Gasteiger partial charge is 0.244 e. The first-order valence-corrected chi connectivity index (χ1v) is 6.58. The Balaban J connectivity index is 4.23. The molecule has 6 nitrogen and oxygen atoms in total. The van der Waals surface area contributed by atoms with Crippen LogP contribution in [0, 0.1) is 5.92 Å². The zero-order valence-corrected chi connectivity index (χ0v) is 12.7. The molecule has 0 saturated heterocycles. The Morgan fingerprint density at radius 1 is 1.26 bits per heavy atom. The van der Waals surface area contributed by atoms with Crippen LogP contribution in [-0.4, -0.2) is 63.7 Å². The quantitative estimate of drug-likeness (QED) is 0.573. The lowest BCUT2D eigenvalue weighted by molar-refractivity contribution is -0.134. The van der Waals surface area contributed by atoms with Gasteiger partial charge in [0.25, 0.3) is 0 Å². The lowest BCUT2D eigenvalue weighted by Gasteiger charge is -2.23. The summed E-state index contributed by atoms with van der Waals surface area (Å²) in [6, 6.07) is -0.452. The molecule has 0 aromatic heterocycles. The van der Waals surface area contributed by atoms with E-state index in [1.165, 1.54) is 4.90 Å². The highest BCUT2D eigenvalue weighted by molar-refractivity contribution is 5.88. The van der Waals surface area contributed by atoms with Crippen LogP contribution in [-0.2, 0) is 14.3 Å². The van der Waals surface area contributed by atoms with E-state index < -0.39 is 6.04 Å². The third-order valence-corrected chi connectivity index (χ3v) is 2.55. The molecule has 0 fully saturated rings. The molecule has 6 heteroatoms. The van der Waals surface area contributed by atoms with Gasteiger partial charge in [-0.2, -0.15) is 0 Å². The minimum atomic E-state index is -0.452. The van der Waals surface area contributed by atoms with Crippen molar-refractivity contribution in [3.8, 4) is 0 Å². The van der Waals surface area contributed by atoms with Crippen LogP contribution >= 0.6 is 0 Å². The molecule has 112 valence electrons. The molecule has 0 aliphatic heterocycles. The molecule has 0 saturated carbocycles. The Morgan fingerprint density at radius 2 is 1.89 bits per heavy atom. The number of ether oxygens (including phenoxy) is 1. The van der Waals surface area contributed by atoms with Gasteiger partial charge in [0.2, 0.25) is 11.8 Å². The summed E-state index contributed by atoms with van der Waals surface area (Å²) >= 11 is 0. The molecule has 0 aliphatic rings. The fourth-order valence-electron chi connectivity index (χ4n) is 1.63. The molecule has 0 bridgehead atoms. The number of carbonyl (C=O) groups is 2. The predicted molar refractivity (Wildman–Crippen MR) is 74.8 cm³/mol. The van der Waals surface area contributed by atoms with Gasteiger partial charge in [0.1, 0.15) is 6.04 Å². The molecule has 0 aromatic carbocycles. The van der Waals surface area contributed by atoms with Gasteiger partial charge >= 0.3 is 0 Å². The summed E-state index contributed by atoms with van der Waals surface area (Å²) in [5.41, 5.74) is 0. The molecule has 0 heterocycles. The van der Waals surface area contributed by atoms with Crippen LogP contribution in [0.5, 0.6) is 0 Å². The van der Waals surface area contributed by atoms with Gasteiger partial charge in [0.05, 0.1) is 13.2 Å². The molecule has 0 aromatic rings. The van der Waals surface area contributed by atoms with Gasteiger partial charge in [0, 0.05) is 27.7 Å². The van der Waals surface area contributed by atoms with E-state index in [0.717, 1.165) is 0 Å². The third kappa shape index (κ3) is 8.56. The molecule has 1 unspecified atom stereocenters. The fraction of sp³-hybridized carbons (Fsp3) is 0.846. The summed E-state index contributed by atoms with van der Waals surface area (Å²) in [7, 11) is 4.99. The van der Waals surface area contributed by atoms with E-state index in [-0.39, 0.29) is 18.4 Å². The van der Waals surface area contributed by atoms with Crippen LogP contribution in [0.1, 0.15) is 20.3 Å².